The molecule has 0 rings (SSSR count). The second-order valence-electron chi connectivity index (χ2n) is 20.7. The van der Waals surface area contributed by atoms with E-state index in [9.17, 15) is 19.8 Å². The average Bonchev–Trinajstić information content (AvgIpc) is 3.34. The molecule has 1 amide bonds. The highest BCUT2D eigenvalue weighted by Gasteiger charge is 2.20. The summed E-state index contributed by atoms with van der Waals surface area (Å²) in [6.45, 7) is 4.84. The highest BCUT2D eigenvalue weighted by Crippen LogP contribution is 2.17. The van der Waals surface area contributed by atoms with Gasteiger partial charge in [-0.25, -0.2) is 0 Å². The number of aliphatic hydroxyl groups excluding tert-OH is 2. The number of allylic oxidation sites excluding steroid dienone is 5. The van der Waals surface area contributed by atoms with Crippen molar-refractivity contribution in [2.45, 2.75) is 334 Å². The van der Waals surface area contributed by atoms with Crippen LogP contribution in [0.5, 0.6) is 0 Å². The summed E-state index contributed by atoms with van der Waals surface area (Å²) >= 11 is 0. The zero-order valence-corrected chi connectivity index (χ0v) is 45.6. The van der Waals surface area contributed by atoms with Gasteiger partial charge in [-0.15, -0.1) is 0 Å². The van der Waals surface area contributed by atoms with Gasteiger partial charge in [0.1, 0.15) is 0 Å². The van der Waals surface area contributed by atoms with Crippen LogP contribution >= 0.6 is 0 Å². The zero-order chi connectivity index (χ0) is 49.3. The first-order valence-corrected chi connectivity index (χ1v) is 30.2. The second kappa shape index (κ2) is 57.7. The average molecular weight is 957 g/mol. The minimum absolute atomic E-state index is 0.0357. The molecule has 0 aromatic rings. The number of nitrogens with one attached hydrogen (secondary N) is 1. The van der Waals surface area contributed by atoms with Gasteiger partial charge in [-0.1, -0.05) is 275 Å². The molecule has 0 heterocycles. The Labute approximate surface area is 424 Å². The molecule has 3 N–H and O–H groups in total. The number of esters is 1. The quantitative estimate of drug-likeness (QED) is 0.0321. The Morgan fingerprint density at radius 1 is 0.412 bits per heavy atom. The molecule has 2 atom stereocenters. The lowest BCUT2D eigenvalue weighted by Gasteiger charge is -2.22. The van der Waals surface area contributed by atoms with Crippen LogP contribution in [0.3, 0.4) is 0 Å². The van der Waals surface area contributed by atoms with Crippen LogP contribution in [0.2, 0.25) is 0 Å². The van der Waals surface area contributed by atoms with Gasteiger partial charge < -0.3 is 20.3 Å². The van der Waals surface area contributed by atoms with E-state index >= 15 is 0 Å². The number of rotatable bonds is 56. The van der Waals surface area contributed by atoms with E-state index in [1.807, 2.05) is 0 Å². The molecule has 0 fully saturated rings. The van der Waals surface area contributed by atoms with Gasteiger partial charge in [0, 0.05) is 12.8 Å². The van der Waals surface area contributed by atoms with E-state index in [0.29, 0.717) is 25.9 Å². The molecule has 6 heteroatoms. The van der Waals surface area contributed by atoms with Crippen molar-refractivity contribution in [3.8, 4) is 0 Å². The molecular weight excluding hydrogens is 839 g/mol. The van der Waals surface area contributed by atoms with Crippen molar-refractivity contribution in [1.82, 2.24) is 5.32 Å². The Kier molecular flexibility index (Phi) is 56.0. The van der Waals surface area contributed by atoms with Gasteiger partial charge in [-0.3, -0.25) is 9.59 Å². The van der Waals surface area contributed by atoms with Crippen molar-refractivity contribution in [3.05, 3.63) is 36.5 Å². The third kappa shape index (κ3) is 53.4. The number of carbonyl (C=O) groups excluding carboxylic acids is 2. The van der Waals surface area contributed by atoms with E-state index in [-0.39, 0.29) is 18.5 Å². The fraction of sp³-hybridized carbons (Fsp3) is 0.871. The van der Waals surface area contributed by atoms with Gasteiger partial charge in [0.2, 0.25) is 5.91 Å². The number of amides is 1. The van der Waals surface area contributed by atoms with Crippen molar-refractivity contribution in [3.63, 3.8) is 0 Å². The minimum Gasteiger partial charge on any atom is -0.465 e. The number of aliphatic hydroxyl groups is 2. The summed E-state index contributed by atoms with van der Waals surface area (Å²) in [6.07, 6.45) is 71.7. The molecule has 0 radical (unpaired) electrons. The van der Waals surface area contributed by atoms with Crippen LogP contribution < -0.4 is 5.32 Å². The molecule has 68 heavy (non-hydrogen) atoms. The van der Waals surface area contributed by atoms with Crippen LogP contribution in [0.1, 0.15) is 322 Å². The van der Waals surface area contributed by atoms with Gasteiger partial charge in [-0.2, -0.15) is 0 Å². The van der Waals surface area contributed by atoms with Crippen LogP contribution in [0.4, 0.5) is 0 Å². The van der Waals surface area contributed by atoms with E-state index in [1.165, 1.54) is 238 Å². The molecule has 0 spiro atoms. The maximum absolute atomic E-state index is 12.4. The van der Waals surface area contributed by atoms with Crippen molar-refractivity contribution >= 4 is 11.9 Å². The second-order valence-corrected chi connectivity index (χ2v) is 20.7. The molecule has 0 aliphatic carbocycles. The lowest BCUT2D eigenvalue weighted by atomic mass is 10.0. The summed E-state index contributed by atoms with van der Waals surface area (Å²) < 4.78 is 5.43. The number of unbranched alkanes of at least 4 members (excludes halogenated alkanes) is 39. The van der Waals surface area contributed by atoms with Crippen LogP contribution in [0, 0.1) is 0 Å². The van der Waals surface area contributed by atoms with Crippen LogP contribution in [0.15, 0.2) is 36.5 Å². The Morgan fingerprint density at radius 3 is 1.13 bits per heavy atom. The summed E-state index contributed by atoms with van der Waals surface area (Å²) in [5, 5.41) is 23.2. The van der Waals surface area contributed by atoms with Crippen molar-refractivity contribution in [2.75, 3.05) is 13.2 Å². The van der Waals surface area contributed by atoms with Gasteiger partial charge >= 0.3 is 5.97 Å². The normalized spacial score (nSPS) is 12.8. The van der Waals surface area contributed by atoms with Crippen molar-refractivity contribution in [2.24, 2.45) is 0 Å². The van der Waals surface area contributed by atoms with Crippen LogP contribution in [-0.4, -0.2) is 47.4 Å². The van der Waals surface area contributed by atoms with Crippen molar-refractivity contribution in [1.29, 1.82) is 0 Å². The van der Waals surface area contributed by atoms with Gasteiger partial charge in [0.05, 0.1) is 25.4 Å². The Balaban J connectivity index is 3.43. The first-order chi connectivity index (χ1) is 33.5. The lowest BCUT2D eigenvalue weighted by Crippen LogP contribution is -2.45. The first-order valence-electron chi connectivity index (χ1n) is 30.2. The number of ether oxygens (including phenoxy) is 1. The molecule has 2 unspecified atom stereocenters. The molecule has 0 aromatic carbocycles. The topological polar surface area (TPSA) is 95.9 Å². The molecule has 0 saturated heterocycles. The first kappa shape index (κ1) is 66.1. The van der Waals surface area contributed by atoms with E-state index in [2.05, 4.69) is 55.6 Å². The largest absolute Gasteiger partial charge is 0.465 e. The fourth-order valence-electron chi connectivity index (χ4n) is 9.30. The third-order valence-electron chi connectivity index (χ3n) is 13.9. The summed E-state index contributed by atoms with van der Waals surface area (Å²) in [4.78, 5) is 24.5. The molecule has 0 aromatic heterocycles. The highest BCUT2D eigenvalue weighted by atomic mass is 16.5. The zero-order valence-electron chi connectivity index (χ0n) is 45.6. The van der Waals surface area contributed by atoms with Crippen LogP contribution in [0.25, 0.3) is 0 Å². The molecule has 400 valence electrons. The smallest absolute Gasteiger partial charge is 0.305 e. The SMILES string of the molecule is CCCCCCCC/C=C\CCCCCCCCCCCC(=O)OCC/C=C\C/C=C\CCCCCCCCCCCCCCCCC(=O)NC(CO)C(O)CCCCCCCCCCCCC. The maximum atomic E-state index is 12.4. The molecule has 0 aliphatic heterocycles. The summed E-state index contributed by atoms with van der Waals surface area (Å²) in [5.74, 6) is -0.0762. The molecule has 0 aliphatic rings. The van der Waals surface area contributed by atoms with E-state index in [4.69, 9.17) is 4.74 Å². The van der Waals surface area contributed by atoms with E-state index in [1.54, 1.807) is 0 Å². The van der Waals surface area contributed by atoms with E-state index < -0.39 is 12.1 Å². The summed E-state index contributed by atoms with van der Waals surface area (Å²) in [6, 6.07) is -0.544. The summed E-state index contributed by atoms with van der Waals surface area (Å²) in [7, 11) is 0. The minimum atomic E-state index is -0.666. The number of hydrogen-bond acceptors (Lipinski definition) is 5. The van der Waals surface area contributed by atoms with Crippen LogP contribution in [-0.2, 0) is 14.3 Å². The predicted molar refractivity (Wildman–Crippen MR) is 296 cm³/mol. The summed E-state index contributed by atoms with van der Waals surface area (Å²) in [5.41, 5.74) is 0. The lowest BCUT2D eigenvalue weighted by molar-refractivity contribution is -0.143. The Hall–Kier alpha value is -1.92. The Bertz CT molecular complexity index is 1100. The molecule has 6 nitrogen and oxygen atoms in total. The monoisotopic (exact) mass is 956 g/mol. The predicted octanol–water partition coefficient (Wildman–Crippen LogP) is 18.8. The standard InChI is InChI=1S/C62H117NO5/c1-3-5-7-9-11-13-15-16-17-18-22-26-29-32-36-40-44-48-52-56-62(67)68-57-53-49-45-41-37-33-30-27-24-21-19-20-23-25-28-31-35-39-43-47-51-55-61(66)63-59(58-64)60(65)54-50-46-42-38-34-14-12-10-8-6-4-2/h16-17,33,37,45,49,59-60,64-65H,3-15,18-32,34-36,38-44,46-48,50-58H2,1-2H3,(H,63,66)/b17-16-,37-33-,49-45-. The Morgan fingerprint density at radius 2 is 0.735 bits per heavy atom. The van der Waals surface area contributed by atoms with Gasteiger partial charge in [0.25, 0.3) is 0 Å². The van der Waals surface area contributed by atoms with Gasteiger partial charge in [-0.05, 0) is 70.6 Å². The third-order valence-corrected chi connectivity index (χ3v) is 13.9. The fourth-order valence-corrected chi connectivity index (χ4v) is 9.30. The van der Waals surface area contributed by atoms with E-state index in [0.717, 1.165) is 51.4 Å². The molecular formula is C62H117NO5. The van der Waals surface area contributed by atoms with Gasteiger partial charge in [0.15, 0.2) is 0 Å². The molecule has 0 bridgehead atoms. The highest BCUT2D eigenvalue weighted by molar-refractivity contribution is 5.76. The maximum Gasteiger partial charge on any atom is 0.305 e. The number of carbonyl (C=O) groups is 2. The number of hydrogen-bond donors (Lipinski definition) is 3. The van der Waals surface area contributed by atoms with Crippen molar-refractivity contribution < 1.29 is 24.5 Å². The molecule has 0 saturated carbocycles.